The molecule has 0 unspecified atom stereocenters. The lowest BCUT2D eigenvalue weighted by Gasteiger charge is -2.40. The number of ether oxygens (including phenoxy) is 2. The number of aromatic nitrogens is 4. The van der Waals surface area contributed by atoms with Crippen LogP contribution in [0.5, 0.6) is 11.5 Å². The van der Waals surface area contributed by atoms with Crippen molar-refractivity contribution in [2.24, 2.45) is 5.41 Å². The van der Waals surface area contributed by atoms with Gasteiger partial charge in [-0.05, 0) is 59.7 Å². The van der Waals surface area contributed by atoms with Gasteiger partial charge in [-0.3, -0.25) is 4.79 Å². The van der Waals surface area contributed by atoms with Crippen molar-refractivity contribution >= 4 is 5.91 Å². The Hall–Kier alpha value is -2.64. The number of amides is 1. The average molecular weight is 357 g/mol. The summed E-state index contributed by atoms with van der Waals surface area (Å²) in [5, 5.41) is 11.3. The maximum Gasteiger partial charge on any atom is 0.244 e. The molecule has 0 saturated carbocycles. The molecule has 2 aromatic rings. The Balaban J connectivity index is 1.43. The van der Waals surface area contributed by atoms with Crippen LogP contribution in [0.3, 0.4) is 0 Å². The van der Waals surface area contributed by atoms with E-state index in [1.165, 1.54) is 5.56 Å². The van der Waals surface area contributed by atoms with Crippen molar-refractivity contribution in [1.82, 2.24) is 25.1 Å². The van der Waals surface area contributed by atoms with Gasteiger partial charge in [0.15, 0.2) is 11.5 Å². The predicted octanol–water partition coefficient (Wildman–Crippen LogP) is 1.58. The molecule has 4 rings (SSSR count). The Labute approximate surface area is 152 Å². The second-order valence-electron chi connectivity index (χ2n) is 7.48. The Morgan fingerprint density at radius 1 is 1.31 bits per heavy atom. The number of rotatable bonds is 4. The molecule has 0 bridgehead atoms. The Kier molecular flexibility index (Phi) is 4.26. The third kappa shape index (κ3) is 3.36. The molecular weight excluding hydrogens is 334 g/mol. The number of carbonyl (C=O) groups excluding carboxylic acids is 1. The zero-order chi connectivity index (χ0) is 18.1. The maximum atomic E-state index is 12.7. The fourth-order valence-corrected chi connectivity index (χ4v) is 3.84. The largest absolute Gasteiger partial charge is 0.454 e. The highest BCUT2D eigenvalue weighted by Gasteiger charge is 2.34. The highest BCUT2D eigenvalue weighted by molar-refractivity contribution is 5.76. The number of likely N-dealkylation sites (tertiary alicyclic amines) is 1. The second-order valence-corrected chi connectivity index (χ2v) is 7.48. The van der Waals surface area contributed by atoms with Crippen LogP contribution < -0.4 is 9.47 Å². The van der Waals surface area contributed by atoms with Gasteiger partial charge in [-0.1, -0.05) is 13.0 Å². The fourth-order valence-electron chi connectivity index (χ4n) is 3.84. The number of nitrogens with zero attached hydrogens (tertiary/aromatic N) is 5. The summed E-state index contributed by atoms with van der Waals surface area (Å²) >= 11 is 0. The summed E-state index contributed by atoms with van der Waals surface area (Å²) in [7, 11) is 0. The van der Waals surface area contributed by atoms with Crippen LogP contribution in [0.2, 0.25) is 0 Å². The summed E-state index contributed by atoms with van der Waals surface area (Å²) < 4.78 is 12.4. The molecule has 8 nitrogen and oxygen atoms in total. The summed E-state index contributed by atoms with van der Waals surface area (Å²) in [4.78, 5) is 14.6. The quantitative estimate of drug-likeness (QED) is 0.826. The standard InChI is InChI=1S/C18H23N5O3/c1-13-19-20-21-23(13)10-17(24)22-7-3-6-18(2,11-22)9-14-4-5-15-16(8-14)26-12-25-15/h4-5,8H,3,6-7,9-12H2,1-2H3/t18-/m0/s1. The van der Waals surface area contributed by atoms with Gasteiger partial charge in [-0.15, -0.1) is 5.10 Å². The van der Waals surface area contributed by atoms with Gasteiger partial charge >= 0.3 is 0 Å². The molecule has 1 atom stereocenters. The highest BCUT2D eigenvalue weighted by Crippen LogP contribution is 2.37. The molecule has 0 radical (unpaired) electrons. The van der Waals surface area contributed by atoms with E-state index in [1.807, 2.05) is 11.0 Å². The van der Waals surface area contributed by atoms with E-state index >= 15 is 0 Å². The molecule has 26 heavy (non-hydrogen) atoms. The van der Waals surface area contributed by atoms with E-state index in [2.05, 4.69) is 34.6 Å². The lowest BCUT2D eigenvalue weighted by Crippen LogP contribution is -2.47. The van der Waals surface area contributed by atoms with Crippen LogP contribution in [0, 0.1) is 12.3 Å². The van der Waals surface area contributed by atoms with Gasteiger partial charge < -0.3 is 14.4 Å². The van der Waals surface area contributed by atoms with Gasteiger partial charge in [-0.25, -0.2) is 4.68 Å². The Bertz CT molecular complexity index is 821. The zero-order valence-corrected chi connectivity index (χ0v) is 15.1. The number of aryl methyl sites for hydroxylation is 1. The van der Waals surface area contributed by atoms with E-state index in [1.54, 1.807) is 11.6 Å². The van der Waals surface area contributed by atoms with Gasteiger partial charge in [0.05, 0.1) is 0 Å². The zero-order valence-electron chi connectivity index (χ0n) is 15.1. The number of piperidine rings is 1. The van der Waals surface area contributed by atoms with Crippen molar-refractivity contribution in [3.05, 3.63) is 29.6 Å². The molecular formula is C18H23N5O3. The number of hydrogen-bond acceptors (Lipinski definition) is 6. The first kappa shape index (κ1) is 16.8. The maximum absolute atomic E-state index is 12.7. The summed E-state index contributed by atoms with van der Waals surface area (Å²) in [5.74, 6) is 2.33. The number of hydrogen-bond donors (Lipinski definition) is 0. The topological polar surface area (TPSA) is 82.4 Å². The van der Waals surface area contributed by atoms with Crippen LogP contribution in [-0.2, 0) is 17.8 Å². The van der Waals surface area contributed by atoms with E-state index in [9.17, 15) is 4.79 Å². The molecule has 8 heteroatoms. The summed E-state index contributed by atoms with van der Waals surface area (Å²) in [5.41, 5.74) is 1.25. The fraction of sp³-hybridized carbons (Fsp3) is 0.556. The lowest BCUT2D eigenvalue weighted by atomic mass is 9.77. The monoisotopic (exact) mass is 357 g/mol. The molecule has 0 spiro atoms. The molecule has 1 aromatic carbocycles. The van der Waals surface area contributed by atoms with Crippen molar-refractivity contribution in [3.63, 3.8) is 0 Å². The van der Waals surface area contributed by atoms with Crippen molar-refractivity contribution < 1.29 is 14.3 Å². The molecule has 3 heterocycles. The minimum absolute atomic E-state index is 0.0390. The smallest absolute Gasteiger partial charge is 0.244 e. The second kappa shape index (κ2) is 6.59. The third-order valence-corrected chi connectivity index (χ3v) is 5.20. The van der Waals surface area contributed by atoms with Crippen molar-refractivity contribution in [2.45, 2.75) is 39.7 Å². The number of benzene rings is 1. The van der Waals surface area contributed by atoms with Crippen LogP contribution in [-0.4, -0.2) is 50.9 Å². The van der Waals surface area contributed by atoms with Gasteiger partial charge in [0, 0.05) is 13.1 Å². The molecule has 1 aromatic heterocycles. The van der Waals surface area contributed by atoms with E-state index in [0.717, 1.165) is 43.9 Å². The first-order chi connectivity index (χ1) is 12.5. The number of fused-ring (bicyclic) bond motifs is 1. The summed E-state index contributed by atoms with van der Waals surface area (Å²) in [6.07, 6.45) is 2.99. The SMILES string of the molecule is Cc1nnnn1CC(=O)N1CCC[C@@](C)(Cc2ccc3c(c2)OCO3)C1. The van der Waals surface area contributed by atoms with Gasteiger partial charge in [0.2, 0.25) is 12.7 Å². The normalized spacial score (nSPS) is 21.8. The minimum Gasteiger partial charge on any atom is -0.454 e. The lowest BCUT2D eigenvalue weighted by molar-refractivity contribution is -0.135. The van der Waals surface area contributed by atoms with Crippen LogP contribution in [0.15, 0.2) is 18.2 Å². The first-order valence-electron chi connectivity index (χ1n) is 8.92. The molecule has 138 valence electrons. The summed E-state index contributed by atoms with van der Waals surface area (Å²) in [6, 6.07) is 6.11. The van der Waals surface area contributed by atoms with Crippen molar-refractivity contribution in [1.29, 1.82) is 0 Å². The van der Waals surface area contributed by atoms with E-state index in [4.69, 9.17) is 9.47 Å². The average Bonchev–Trinajstić information content (AvgIpc) is 3.23. The molecule has 0 aliphatic carbocycles. The van der Waals surface area contributed by atoms with E-state index in [-0.39, 0.29) is 24.7 Å². The molecule has 2 aliphatic heterocycles. The first-order valence-corrected chi connectivity index (χ1v) is 8.92. The highest BCUT2D eigenvalue weighted by atomic mass is 16.7. The molecule has 1 saturated heterocycles. The third-order valence-electron chi connectivity index (χ3n) is 5.20. The van der Waals surface area contributed by atoms with Crippen LogP contribution in [0.25, 0.3) is 0 Å². The molecule has 2 aliphatic rings. The summed E-state index contributed by atoms with van der Waals surface area (Å²) in [6.45, 7) is 6.05. The number of carbonyl (C=O) groups is 1. The van der Waals surface area contributed by atoms with Crippen LogP contribution in [0.1, 0.15) is 31.2 Å². The van der Waals surface area contributed by atoms with Gasteiger partial charge in [-0.2, -0.15) is 0 Å². The van der Waals surface area contributed by atoms with E-state index in [0.29, 0.717) is 5.82 Å². The van der Waals surface area contributed by atoms with Crippen LogP contribution in [0.4, 0.5) is 0 Å². The molecule has 0 N–H and O–H groups in total. The van der Waals surface area contributed by atoms with E-state index < -0.39 is 0 Å². The van der Waals surface area contributed by atoms with Crippen LogP contribution >= 0.6 is 0 Å². The Morgan fingerprint density at radius 3 is 2.96 bits per heavy atom. The van der Waals surface area contributed by atoms with Crippen molar-refractivity contribution in [3.8, 4) is 11.5 Å². The molecule has 1 fully saturated rings. The minimum atomic E-state index is 0.0390. The molecule has 1 amide bonds. The van der Waals surface area contributed by atoms with Gasteiger partial charge in [0.25, 0.3) is 0 Å². The Morgan fingerprint density at radius 2 is 2.15 bits per heavy atom. The van der Waals surface area contributed by atoms with Crippen molar-refractivity contribution in [2.75, 3.05) is 19.9 Å². The predicted molar refractivity (Wildman–Crippen MR) is 92.7 cm³/mol. The number of tetrazole rings is 1. The van der Waals surface area contributed by atoms with Gasteiger partial charge in [0.1, 0.15) is 12.4 Å².